The lowest BCUT2D eigenvalue weighted by Gasteiger charge is -2.10. The largest absolute Gasteiger partial charge is 0.481 e. The number of carboxylic acid groups (broad SMARTS) is 1. The van der Waals surface area contributed by atoms with Gasteiger partial charge in [-0.3, -0.25) is 9.59 Å². The van der Waals surface area contributed by atoms with Gasteiger partial charge in [0, 0.05) is 6.04 Å². The molecule has 0 unspecified atom stereocenters. The molecule has 18 heavy (non-hydrogen) atoms. The van der Waals surface area contributed by atoms with Crippen LogP contribution in [-0.4, -0.2) is 29.3 Å². The van der Waals surface area contributed by atoms with Crippen LogP contribution in [0.3, 0.4) is 0 Å². The maximum Gasteiger partial charge on any atom is 0.306 e. The second kappa shape index (κ2) is 5.48. The van der Waals surface area contributed by atoms with E-state index in [1.54, 1.807) is 12.1 Å². The minimum atomic E-state index is -0.783. The molecule has 1 saturated carbocycles. The molecule has 1 aliphatic rings. The molecule has 1 aromatic heterocycles. The monoisotopic (exact) mass is 269 g/mol. The van der Waals surface area contributed by atoms with Crippen molar-refractivity contribution in [3.63, 3.8) is 0 Å². The Bertz CT molecular complexity index is 457. The van der Waals surface area contributed by atoms with Crippen LogP contribution >= 0.6 is 11.8 Å². The lowest BCUT2D eigenvalue weighted by atomic mass is 10.1. The molecule has 6 heteroatoms. The van der Waals surface area contributed by atoms with Crippen LogP contribution in [0.4, 0.5) is 0 Å². The Morgan fingerprint density at radius 2 is 2.22 bits per heavy atom. The maximum absolute atomic E-state index is 11.8. The number of furan rings is 1. The molecule has 1 amide bonds. The summed E-state index contributed by atoms with van der Waals surface area (Å²) in [5.74, 6) is -1.12. The van der Waals surface area contributed by atoms with E-state index in [1.807, 2.05) is 6.26 Å². The van der Waals surface area contributed by atoms with E-state index in [2.05, 4.69) is 5.32 Å². The van der Waals surface area contributed by atoms with Crippen molar-refractivity contribution in [3.8, 4) is 0 Å². The summed E-state index contributed by atoms with van der Waals surface area (Å²) >= 11 is 1.43. The Morgan fingerprint density at radius 3 is 2.78 bits per heavy atom. The summed E-state index contributed by atoms with van der Waals surface area (Å²) in [5, 5.41) is 12.4. The Kier molecular flexibility index (Phi) is 3.96. The molecule has 0 aliphatic heterocycles. The van der Waals surface area contributed by atoms with Crippen LogP contribution < -0.4 is 5.32 Å². The fourth-order valence-electron chi connectivity index (χ4n) is 2.15. The smallest absolute Gasteiger partial charge is 0.306 e. The van der Waals surface area contributed by atoms with Crippen molar-refractivity contribution in [1.29, 1.82) is 0 Å². The Balaban J connectivity index is 1.90. The quantitative estimate of drug-likeness (QED) is 0.817. The van der Waals surface area contributed by atoms with Crippen LogP contribution in [0.15, 0.2) is 21.6 Å². The number of carboxylic acids is 1. The van der Waals surface area contributed by atoms with Gasteiger partial charge in [-0.05, 0) is 37.7 Å². The zero-order chi connectivity index (χ0) is 13.1. The lowest BCUT2D eigenvalue weighted by molar-refractivity contribution is -0.141. The SMILES string of the molecule is CSc1ccc(C(=O)N[C@@H]2CC[C@H](C(=O)O)C2)o1. The van der Waals surface area contributed by atoms with E-state index in [1.165, 1.54) is 11.8 Å². The third-order valence-corrected chi connectivity index (χ3v) is 3.75. The van der Waals surface area contributed by atoms with Gasteiger partial charge < -0.3 is 14.8 Å². The minimum absolute atomic E-state index is 0.0681. The van der Waals surface area contributed by atoms with E-state index < -0.39 is 5.97 Å². The number of hydrogen-bond acceptors (Lipinski definition) is 4. The van der Waals surface area contributed by atoms with Gasteiger partial charge in [0.25, 0.3) is 5.91 Å². The van der Waals surface area contributed by atoms with Crippen LogP contribution in [0.5, 0.6) is 0 Å². The van der Waals surface area contributed by atoms with Gasteiger partial charge >= 0.3 is 5.97 Å². The summed E-state index contributed by atoms with van der Waals surface area (Å²) in [4.78, 5) is 22.7. The summed E-state index contributed by atoms with van der Waals surface area (Å²) < 4.78 is 5.31. The Morgan fingerprint density at radius 1 is 1.44 bits per heavy atom. The number of carbonyl (C=O) groups is 2. The number of nitrogens with one attached hydrogen (secondary N) is 1. The fourth-order valence-corrected chi connectivity index (χ4v) is 2.52. The first-order chi connectivity index (χ1) is 8.60. The number of thioether (sulfide) groups is 1. The van der Waals surface area contributed by atoms with E-state index >= 15 is 0 Å². The normalized spacial score (nSPS) is 22.9. The van der Waals surface area contributed by atoms with Crippen molar-refractivity contribution < 1.29 is 19.1 Å². The first kappa shape index (κ1) is 13.0. The number of carbonyl (C=O) groups excluding carboxylic acids is 1. The van der Waals surface area contributed by atoms with E-state index in [0.29, 0.717) is 24.4 Å². The van der Waals surface area contributed by atoms with Crippen molar-refractivity contribution in [2.24, 2.45) is 5.92 Å². The number of amides is 1. The van der Waals surface area contributed by atoms with Crippen molar-refractivity contribution >= 4 is 23.6 Å². The molecular formula is C12H15NO4S. The van der Waals surface area contributed by atoms with E-state index in [9.17, 15) is 9.59 Å². The highest BCUT2D eigenvalue weighted by molar-refractivity contribution is 7.98. The molecule has 0 saturated heterocycles. The number of rotatable bonds is 4. The first-order valence-corrected chi connectivity index (χ1v) is 7.00. The molecule has 1 aliphatic carbocycles. The molecule has 0 aromatic carbocycles. The van der Waals surface area contributed by atoms with E-state index in [4.69, 9.17) is 9.52 Å². The van der Waals surface area contributed by atoms with Gasteiger partial charge in [-0.25, -0.2) is 0 Å². The molecule has 0 radical (unpaired) electrons. The summed E-state index contributed by atoms with van der Waals surface area (Å²) in [5.41, 5.74) is 0. The molecule has 5 nitrogen and oxygen atoms in total. The van der Waals surface area contributed by atoms with Crippen LogP contribution in [0.2, 0.25) is 0 Å². The van der Waals surface area contributed by atoms with Crippen LogP contribution in [0, 0.1) is 5.92 Å². The predicted molar refractivity (Wildman–Crippen MR) is 66.7 cm³/mol. The summed E-state index contributed by atoms with van der Waals surface area (Å²) in [6, 6.07) is 3.31. The predicted octanol–water partition coefficient (Wildman–Crippen LogP) is 1.98. The van der Waals surface area contributed by atoms with Gasteiger partial charge in [0.15, 0.2) is 10.9 Å². The van der Waals surface area contributed by atoms with Crippen molar-refractivity contribution in [3.05, 3.63) is 17.9 Å². The number of hydrogen-bond donors (Lipinski definition) is 2. The summed E-state index contributed by atoms with van der Waals surface area (Å²) in [6.45, 7) is 0. The van der Waals surface area contributed by atoms with Gasteiger partial charge in [-0.2, -0.15) is 0 Å². The zero-order valence-corrected chi connectivity index (χ0v) is 10.8. The highest BCUT2D eigenvalue weighted by atomic mass is 32.2. The second-order valence-electron chi connectivity index (χ2n) is 4.34. The lowest BCUT2D eigenvalue weighted by Crippen LogP contribution is -2.33. The van der Waals surface area contributed by atoms with Crippen LogP contribution in [0.25, 0.3) is 0 Å². The van der Waals surface area contributed by atoms with Gasteiger partial charge in [-0.15, -0.1) is 0 Å². The van der Waals surface area contributed by atoms with Crippen LogP contribution in [-0.2, 0) is 4.79 Å². The standard InChI is InChI=1S/C12H15NO4S/c1-18-10-5-4-9(17-10)11(14)13-8-3-2-7(6-8)12(15)16/h4-5,7-8H,2-3,6H2,1H3,(H,13,14)(H,15,16)/t7-,8+/m0/s1. The molecule has 0 bridgehead atoms. The molecule has 1 aromatic rings. The molecule has 98 valence electrons. The van der Waals surface area contributed by atoms with Crippen molar-refractivity contribution in [2.75, 3.05) is 6.26 Å². The summed E-state index contributed by atoms with van der Waals surface area (Å²) in [7, 11) is 0. The highest BCUT2D eigenvalue weighted by Gasteiger charge is 2.31. The Hall–Kier alpha value is -1.43. The van der Waals surface area contributed by atoms with Gasteiger partial charge in [-0.1, -0.05) is 11.8 Å². The van der Waals surface area contributed by atoms with Gasteiger partial charge in [0.1, 0.15) is 0 Å². The third-order valence-electron chi connectivity index (χ3n) is 3.12. The highest BCUT2D eigenvalue weighted by Crippen LogP contribution is 2.26. The Labute approximate surface area is 109 Å². The molecule has 2 atom stereocenters. The molecule has 0 spiro atoms. The molecule has 1 heterocycles. The fraction of sp³-hybridized carbons (Fsp3) is 0.500. The first-order valence-electron chi connectivity index (χ1n) is 5.77. The molecular weight excluding hydrogens is 254 g/mol. The number of aliphatic carboxylic acids is 1. The molecule has 1 fully saturated rings. The van der Waals surface area contributed by atoms with Gasteiger partial charge in [0.05, 0.1) is 5.92 Å². The second-order valence-corrected chi connectivity index (χ2v) is 5.15. The van der Waals surface area contributed by atoms with Crippen molar-refractivity contribution in [1.82, 2.24) is 5.32 Å². The topological polar surface area (TPSA) is 79.5 Å². The van der Waals surface area contributed by atoms with Gasteiger partial charge in [0.2, 0.25) is 0 Å². The molecule has 2 rings (SSSR count). The summed E-state index contributed by atoms with van der Waals surface area (Å²) in [6.07, 6.45) is 3.69. The minimum Gasteiger partial charge on any atom is -0.481 e. The van der Waals surface area contributed by atoms with Crippen LogP contribution in [0.1, 0.15) is 29.8 Å². The van der Waals surface area contributed by atoms with E-state index in [0.717, 1.165) is 0 Å². The molecule has 2 N–H and O–H groups in total. The average Bonchev–Trinajstić information content (AvgIpc) is 2.96. The maximum atomic E-state index is 11.8. The third kappa shape index (κ3) is 2.87. The average molecular weight is 269 g/mol. The zero-order valence-electron chi connectivity index (χ0n) is 10.0. The van der Waals surface area contributed by atoms with E-state index in [-0.39, 0.29) is 23.6 Å². The van der Waals surface area contributed by atoms with Crippen molar-refractivity contribution in [2.45, 2.75) is 30.4 Å².